The zero-order chi connectivity index (χ0) is 22.9. The molecule has 6 nitrogen and oxygen atoms in total. The van der Waals surface area contributed by atoms with Gasteiger partial charge in [0.1, 0.15) is 5.75 Å². The Morgan fingerprint density at radius 1 is 0.900 bits per heavy atom. The summed E-state index contributed by atoms with van der Waals surface area (Å²) in [5, 5.41) is 0. The molecule has 0 saturated carbocycles. The van der Waals surface area contributed by atoms with Crippen LogP contribution in [-0.4, -0.2) is 28.6 Å². The lowest BCUT2D eigenvalue weighted by Crippen LogP contribution is -2.18. The lowest BCUT2D eigenvalue weighted by molar-refractivity contribution is -0.143. The molecule has 0 spiro atoms. The minimum absolute atomic E-state index is 0.0637. The Morgan fingerprint density at radius 3 is 1.87 bits per heavy atom. The number of sulfonamides is 1. The number of carbonyl (C=O) groups excluding carboxylic acids is 1. The van der Waals surface area contributed by atoms with Gasteiger partial charge >= 0.3 is 18.3 Å². The molecule has 2 rings (SSSR count). The summed E-state index contributed by atoms with van der Waals surface area (Å²) in [6.07, 6.45) is -10.5. The maximum atomic E-state index is 13.0. The minimum atomic E-state index is -5.23. The molecule has 0 aliphatic carbocycles. The quantitative estimate of drug-likeness (QED) is 0.534. The van der Waals surface area contributed by atoms with Crippen LogP contribution >= 0.6 is 0 Å². The molecular formula is C17H13F6NO5S. The Kier molecular flexibility index (Phi) is 6.26. The number of nitrogens with one attached hydrogen (secondary N) is 1. The molecule has 0 aliphatic rings. The van der Waals surface area contributed by atoms with Crippen molar-refractivity contribution in [2.45, 2.75) is 17.2 Å². The predicted molar refractivity (Wildman–Crippen MR) is 91.6 cm³/mol. The van der Waals surface area contributed by atoms with Crippen molar-refractivity contribution < 1.29 is 49.0 Å². The van der Waals surface area contributed by atoms with Gasteiger partial charge < -0.3 is 9.47 Å². The summed E-state index contributed by atoms with van der Waals surface area (Å²) in [5.41, 5.74) is -4.14. The summed E-state index contributed by atoms with van der Waals surface area (Å²) >= 11 is 0. The molecule has 0 radical (unpaired) electrons. The molecule has 13 heteroatoms. The summed E-state index contributed by atoms with van der Waals surface area (Å²) in [5.74, 6) is -1.01. The van der Waals surface area contributed by atoms with E-state index in [0.29, 0.717) is 0 Å². The minimum Gasteiger partial charge on any atom is -0.495 e. The topological polar surface area (TPSA) is 81.7 Å². The highest BCUT2D eigenvalue weighted by molar-refractivity contribution is 7.92. The Balaban J connectivity index is 2.61. The molecule has 0 atom stereocenters. The molecule has 30 heavy (non-hydrogen) atoms. The van der Waals surface area contributed by atoms with E-state index in [2.05, 4.69) is 4.74 Å². The van der Waals surface area contributed by atoms with Crippen LogP contribution in [0.2, 0.25) is 0 Å². The van der Waals surface area contributed by atoms with Crippen LogP contribution in [0, 0.1) is 0 Å². The van der Waals surface area contributed by atoms with Crippen molar-refractivity contribution in [1.82, 2.24) is 0 Å². The van der Waals surface area contributed by atoms with Gasteiger partial charge in [-0.1, -0.05) is 0 Å². The van der Waals surface area contributed by atoms with Crippen LogP contribution in [0.5, 0.6) is 5.75 Å². The molecule has 0 amide bonds. The van der Waals surface area contributed by atoms with Gasteiger partial charge in [-0.25, -0.2) is 13.2 Å². The second kappa shape index (κ2) is 8.05. The predicted octanol–water partition coefficient (Wildman–Crippen LogP) is 4.32. The van der Waals surface area contributed by atoms with E-state index in [1.165, 1.54) is 6.07 Å². The smallest absolute Gasteiger partial charge is 0.416 e. The molecule has 0 fully saturated rings. The number of esters is 1. The van der Waals surface area contributed by atoms with Crippen LogP contribution in [0.4, 0.5) is 32.0 Å². The summed E-state index contributed by atoms with van der Waals surface area (Å²) in [6.45, 7) is 0. The molecule has 2 aromatic rings. The molecule has 0 saturated heterocycles. The van der Waals surface area contributed by atoms with Crippen LogP contribution in [0.1, 0.15) is 21.5 Å². The molecule has 0 bridgehead atoms. The van der Waals surface area contributed by atoms with Gasteiger partial charge in [0.2, 0.25) is 0 Å². The van der Waals surface area contributed by atoms with E-state index < -0.39 is 50.1 Å². The molecule has 0 aromatic heterocycles. The van der Waals surface area contributed by atoms with Crippen LogP contribution in [-0.2, 0) is 27.1 Å². The van der Waals surface area contributed by atoms with Gasteiger partial charge in [-0.2, -0.15) is 26.3 Å². The van der Waals surface area contributed by atoms with Gasteiger partial charge in [0.05, 0.1) is 41.5 Å². The fourth-order valence-electron chi connectivity index (χ4n) is 2.32. The SMILES string of the molecule is COC(=O)c1ccc(OC)c(NS(=O)(=O)c2cc(C(F)(F)F)cc(C(F)(F)F)c2)c1. The second-order valence-corrected chi connectivity index (χ2v) is 7.44. The molecular weight excluding hydrogens is 444 g/mol. The van der Waals surface area contributed by atoms with Crippen molar-refractivity contribution in [3.63, 3.8) is 0 Å². The molecule has 2 aromatic carbocycles. The molecule has 1 N–H and O–H groups in total. The van der Waals surface area contributed by atoms with E-state index in [1.54, 1.807) is 0 Å². The van der Waals surface area contributed by atoms with Crippen molar-refractivity contribution in [3.05, 3.63) is 53.1 Å². The molecule has 0 unspecified atom stereocenters. The highest BCUT2D eigenvalue weighted by Gasteiger charge is 2.38. The summed E-state index contributed by atoms with van der Waals surface area (Å²) in [6, 6.07) is 3.27. The average Bonchev–Trinajstić information content (AvgIpc) is 2.65. The van der Waals surface area contributed by atoms with Crippen molar-refractivity contribution in [3.8, 4) is 5.75 Å². The van der Waals surface area contributed by atoms with E-state index in [-0.39, 0.29) is 29.5 Å². The van der Waals surface area contributed by atoms with Gasteiger partial charge in [0, 0.05) is 0 Å². The fourth-order valence-corrected chi connectivity index (χ4v) is 3.45. The Bertz CT molecular complexity index is 1030. The lowest BCUT2D eigenvalue weighted by atomic mass is 10.1. The van der Waals surface area contributed by atoms with Crippen LogP contribution in [0.3, 0.4) is 0 Å². The Labute approximate surface area is 166 Å². The molecule has 0 aliphatic heterocycles. The number of rotatable bonds is 5. The number of hydrogen-bond acceptors (Lipinski definition) is 5. The van der Waals surface area contributed by atoms with Crippen LogP contribution in [0.25, 0.3) is 0 Å². The van der Waals surface area contributed by atoms with Gasteiger partial charge in [-0.05, 0) is 36.4 Å². The number of halogens is 6. The first-order valence-electron chi connectivity index (χ1n) is 7.77. The number of methoxy groups -OCH3 is 2. The number of benzene rings is 2. The van der Waals surface area contributed by atoms with E-state index in [0.717, 1.165) is 26.4 Å². The van der Waals surface area contributed by atoms with Crippen molar-refractivity contribution in [2.75, 3.05) is 18.9 Å². The first-order chi connectivity index (χ1) is 13.7. The average molecular weight is 457 g/mol. The molecule has 164 valence electrons. The van der Waals surface area contributed by atoms with Gasteiger partial charge in [0.25, 0.3) is 10.0 Å². The highest BCUT2D eigenvalue weighted by atomic mass is 32.2. The fraction of sp³-hybridized carbons (Fsp3) is 0.235. The third-order valence-corrected chi connectivity index (χ3v) is 5.08. The highest BCUT2D eigenvalue weighted by Crippen LogP contribution is 2.38. The van der Waals surface area contributed by atoms with Gasteiger partial charge in [0.15, 0.2) is 0 Å². The van der Waals surface area contributed by atoms with E-state index in [9.17, 15) is 39.6 Å². The number of carbonyl (C=O) groups is 1. The third kappa shape index (κ3) is 5.14. The number of anilines is 1. The largest absolute Gasteiger partial charge is 0.495 e. The maximum Gasteiger partial charge on any atom is 0.416 e. The molecule has 0 heterocycles. The standard InChI is InChI=1S/C17H13F6NO5S/c1-28-14-4-3-9(15(25)29-2)5-13(14)24-30(26,27)12-7-10(16(18,19)20)6-11(8-12)17(21,22)23/h3-8,24H,1-2H3. The summed E-state index contributed by atoms with van der Waals surface area (Å²) < 4.78 is 114. The van der Waals surface area contributed by atoms with Gasteiger partial charge in [-0.3, -0.25) is 4.72 Å². The van der Waals surface area contributed by atoms with E-state index >= 15 is 0 Å². The first-order valence-corrected chi connectivity index (χ1v) is 9.26. The first kappa shape index (κ1) is 23.3. The number of ether oxygens (including phenoxy) is 2. The van der Waals surface area contributed by atoms with Crippen molar-refractivity contribution >= 4 is 21.7 Å². The summed E-state index contributed by atoms with van der Waals surface area (Å²) in [4.78, 5) is 10.3. The van der Waals surface area contributed by atoms with Crippen LogP contribution in [0.15, 0.2) is 41.3 Å². The Morgan fingerprint density at radius 2 is 1.43 bits per heavy atom. The zero-order valence-corrected chi connectivity index (χ0v) is 16.0. The number of hydrogen-bond donors (Lipinski definition) is 1. The Hall–Kier alpha value is -2.96. The second-order valence-electron chi connectivity index (χ2n) is 5.75. The lowest BCUT2D eigenvalue weighted by Gasteiger charge is -2.16. The van der Waals surface area contributed by atoms with E-state index in [1.807, 2.05) is 4.72 Å². The van der Waals surface area contributed by atoms with Crippen molar-refractivity contribution in [1.29, 1.82) is 0 Å². The zero-order valence-electron chi connectivity index (χ0n) is 15.2. The van der Waals surface area contributed by atoms with Crippen LogP contribution < -0.4 is 9.46 Å². The van der Waals surface area contributed by atoms with Crippen molar-refractivity contribution in [2.24, 2.45) is 0 Å². The number of alkyl halides is 6. The normalized spacial score (nSPS) is 12.4. The summed E-state index contributed by atoms with van der Waals surface area (Å²) in [7, 11) is -2.75. The maximum absolute atomic E-state index is 13.0. The third-order valence-electron chi connectivity index (χ3n) is 3.74. The van der Waals surface area contributed by atoms with E-state index in [4.69, 9.17) is 4.74 Å². The monoisotopic (exact) mass is 457 g/mol. The van der Waals surface area contributed by atoms with Gasteiger partial charge in [-0.15, -0.1) is 0 Å².